The number of aliphatic hydroxyl groups excluding tert-OH is 2. The highest BCUT2D eigenvalue weighted by molar-refractivity contribution is 5.92. The fourth-order valence-corrected chi connectivity index (χ4v) is 7.45. The van der Waals surface area contributed by atoms with Crippen LogP contribution in [0.2, 0.25) is 0 Å². The quantitative estimate of drug-likeness (QED) is 0.558. The minimum Gasteiger partial charge on any atom is -0.390 e. The van der Waals surface area contributed by atoms with Crippen LogP contribution in [0.15, 0.2) is 48.3 Å². The number of nitrogens with zero attached hydrogens (tertiary/aromatic N) is 1. The lowest BCUT2D eigenvalue weighted by molar-refractivity contribution is -0.195. The number of alkyl halides is 1. The van der Waals surface area contributed by atoms with Gasteiger partial charge in [0.1, 0.15) is 12.8 Å². The van der Waals surface area contributed by atoms with Crippen molar-refractivity contribution in [3.05, 3.63) is 53.9 Å². The van der Waals surface area contributed by atoms with E-state index in [-0.39, 0.29) is 23.5 Å². The topological polar surface area (TPSA) is 106 Å². The molecule has 2 N–H and O–H groups in total. The van der Waals surface area contributed by atoms with Gasteiger partial charge in [0.2, 0.25) is 0 Å². The maximum absolute atomic E-state index is 15.7. The number of pyridine rings is 1. The van der Waals surface area contributed by atoms with E-state index in [0.29, 0.717) is 31.2 Å². The van der Waals surface area contributed by atoms with Gasteiger partial charge in [-0.3, -0.25) is 14.6 Å². The smallest absolute Gasteiger partial charge is 0.193 e. The first-order chi connectivity index (χ1) is 17.5. The average Bonchev–Trinajstić information content (AvgIpc) is 3.32. The van der Waals surface area contributed by atoms with Crippen molar-refractivity contribution in [2.75, 3.05) is 6.61 Å². The van der Waals surface area contributed by atoms with Gasteiger partial charge in [0.25, 0.3) is 0 Å². The predicted molar refractivity (Wildman–Crippen MR) is 133 cm³/mol. The number of carbonyl (C=O) groups is 2. The Morgan fingerprint density at radius 3 is 2.68 bits per heavy atom. The molecule has 0 amide bonds. The molecular weight excluding hydrogens is 477 g/mol. The van der Waals surface area contributed by atoms with Crippen LogP contribution in [0.4, 0.5) is 4.39 Å². The molecular formula is C29H36FNO6. The van der Waals surface area contributed by atoms with Crippen molar-refractivity contribution in [1.29, 1.82) is 0 Å². The van der Waals surface area contributed by atoms with Gasteiger partial charge in [-0.2, -0.15) is 0 Å². The number of ketones is 2. The van der Waals surface area contributed by atoms with Crippen molar-refractivity contribution in [2.24, 2.45) is 22.7 Å². The van der Waals surface area contributed by atoms with Crippen molar-refractivity contribution >= 4 is 11.6 Å². The molecule has 1 unspecified atom stereocenters. The van der Waals surface area contributed by atoms with E-state index in [4.69, 9.17) is 9.47 Å². The number of hydrogen-bond donors (Lipinski definition) is 2. The van der Waals surface area contributed by atoms with Crippen LogP contribution in [-0.4, -0.2) is 57.4 Å². The van der Waals surface area contributed by atoms with E-state index >= 15 is 4.39 Å². The van der Waals surface area contributed by atoms with Crippen molar-refractivity contribution < 1.29 is 33.7 Å². The van der Waals surface area contributed by atoms with Gasteiger partial charge < -0.3 is 19.7 Å². The normalized spacial score (nSPS) is 40.6. The molecule has 5 rings (SSSR count). The van der Waals surface area contributed by atoms with Gasteiger partial charge in [-0.25, -0.2) is 4.39 Å². The summed E-state index contributed by atoms with van der Waals surface area (Å²) >= 11 is 0. The number of aliphatic hydroxyl groups is 2. The molecule has 1 aromatic rings. The Labute approximate surface area is 216 Å². The molecule has 200 valence electrons. The third kappa shape index (κ3) is 4.13. The minimum atomic E-state index is -1.50. The highest BCUT2D eigenvalue weighted by Crippen LogP contribution is 2.66. The number of halogens is 1. The van der Waals surface area contributed by atoms with Gasteiger partial charge in [0.05, 0.1) is 12.2 Å². The summed E-state index contributed by atoms with van der Waals surface area (Å²) in [6, 6.07) is 3.49. The predicted octanol–water partition coefficient (Wildman–Crippen LogP) is 3.80. The molecule has 1 aromatic heterocycles. The second kappa shape index (κ2) is 9.49. The zero-order valence-electron chi connectivity index (χ0n) is 21.6. The zero-order chi connectivity index (χ0) is 26.6. The Morgan fingerprint density at radius 2 is 1.97 bits per heavy atom. The molecule has 7 nitrogen and oxygen atoms in total. The molecule has 8 atom stereocenters. The van der Waals surface area contributed by atoms with E-state index in [9.17, 15) is 19.8 Å². The third-order valence-corrected chi connectivity index (χ3v) is 9.40. The van der Waals surface area contributed by atoms with Gasteiger partial charge in [0.15, 0.2) is 23.5 Å². The highest BCUT2D eigenvalue weighted by Gasteiger charge is 2.74. The first-order valence-corrected chi connectivity index (χ1v) is 13.1. The Morgan fingerprint density at radius 1 is 1.24 bits per heavy atom. The summed E-state index contributed by atoms with van der Waals surface area (Å²) in [6.45, 7) is 5.21. The monoisotopic (exact) mass is 513 g/mol. The molecule has 1 aliphatic heterocycles. The Hall–Kier alpha value is -2.26. The van der Waals surface area contributed by atoms with Crippen LogP contribution < -0.4 is 0 Å². The van der Waals surface area contributed by atoms with Crippen LogP contribution in [-0.2, 0) is 19.1 Å². The molecule has 0 aromatic carbocycles. The van der Waals surface area contributed by atoms with E-state index in [1.54, 1.807) is 30.6 Å². The standard InChI is InChI=1S/C29H36FNO6/c1-27(2)10-4-5-19(33)13-18(27)6-7-20-21-14-24-29(23(35)16-32,28(21,3)15-22(34)25(20)30)37-26(36-24)17-8-11-31-12-9-17/h4,8-13,20-22,24-26,32,34H,5-7,14-16H2,1-3H3/t20-,21-,22-,24+,25-,26?,28-,29+/m0/s1. The number of fused-ring (bicyclic) bond motifs is 3. The Bertz CT molecular complexity index is 1120. The van der Waals surface area contributed by atoms with E-state index in [1.165, 1.54) is 0 Å². The summed E-state index contributed by atoms with van der Waals surface area (Å²) in [6.07, 6.45) is 6.20. The number of Topliss-reactive ketones (excluding diaryl/α,β-unsaturated/α-hetero) is 1. The average molecular weight is 514 g/mol. The van der Waals surface area contributed by atoms with Crippen LogP contribution in [0.5, 0.6) is 0 Å². The van der Waals surface area contributed by atoms with Gasteiger partial charge in [-0.1, -0.05) is 38.5 Å². The van der Waals surface area contributed by atoms with Crippen LogP contribution in [0, 0.1) is 22.7 Å². The lowest BCUT2D eigenvalue weighted by Crippen LogP contribution is -2.61. The molecule has 3 fully saturated rings. The number of hydrogen-bond acceptors (Lipinski definition) is 7. The minimum absolute atomic E-state index is 0.0222. The van der Waals surface area contributed by atoms with Crippen molar-refractivity contribution in [3.63, 3.8) is 0 Å². The summed E-state index contributed by atoms with van der Waals surface area (Å²) in [5.74, 6) is -1.36. The molecule has 8 heteroatoms. The Balaban J connectivity index is 1.47. The summed E-state index contributed by atoms with van der Waals surface area (Å²) in [4.78, 5) is 29.7. The van der Waals surface area contributed by atoms with E-state index in [0.717, 1.165) is 5.57 Å². The van der Waals surface area contributed by atoms with Gasteiger partial charge >= 0.3 is 0 Å². The third-order valence-electron chi connectivity index (χ3n) is 9.40. The number of aromatic nitrogens is 1. The molecule has 0 spiro atoms. The fourth-order valence-electron chi connectivity index (χ4n) is 7.45. The largest absolute Gasteiger partial charge is 0.390 e. The van der Waals surface area contributed by atoms with E-state index in [1.807, 2.05) is 32.9 Å². The first-order valence-electron chi connectivity index (χ1n) is 13.1. The maximum atomic E-state index is 15.7. The van der Waals surface area contributed by atoms with Crippen LogP contribution >= 0.6 is 0 Å². The molecule has 0 radical (unpaired) electrons. The van der Waals surface area contributed by atoms with E-state index < -0.39 is 54.0 Å². The molecule has 1 saturated heterocycles. The summed E-state index contributed by atoms with van der Waals surface area (Å²) in [7, 11) is 0. The lowest BCUT2D eigenvalue weighted by Gasteiger charge is -2.51. The molecule has 4 aliphatic rings. The van der Waals surface area contributed by atoms with Gasteiger partial charge in [0, 0.05) is 35.2 Å². The molecule has 0 bridgehead atoms. The fraction of sp³-hybridized carbons (Fsp3) is 0.621. The molecule has 2 saturated carbocycles. The summed E-state index contributed by atoms with van der Waals surface area (Å²) in [5, 5.41) is 20.9. The number of ether oxygens (including phenoxy) is 2. The van der Waals surface area contributed by atoms with Crippen molar-refractivity contribution in [1.82, 2.24) is 4.98 Å². The van der Waals surface area contributed by atoms with Crippen LogP contribution in [0.3, 0.4) is 0 Å². The second-order valence-electron chi connectivity index (χ2n) is 11.8. The van der Waals surface area contributed by atoms with Gasteiger partial charge in [-0.15, -0.1) is 0 Å². The number of rotatable bonds is 6. The molecule has 37 heavy (non-hydrogen) atoms. The molecule has 2 heterocycles. The van der Waals surface area contributed by atoms with Crippen LogP contribution in [0.1, 0.15) is 64.7 Å². The summed E-state index contributed by atoms with van der Waals surface area (Å²) < 4.78 is 28.4. The van der Waals surface area contributed by atoms with Gasteiger partial charge in [-0.05, 0) is 55.7 Å². The number of carbonyl (C=O) groups excluding carboxylic acids is 2. The van der Waals surface area contributed by atoms with Crippen molar-refractivity contribution in [3.8, 4) is 0 Å². The van der Waals surface area contributed by atoms with Crippen molar-refractivity contribution in [2.45, 2.75) is 83.1 Å². The highest BCUT2D eigenvalue weighted by atomic mass is 19.1. The maximum Gasteiger partial charge on any atom is 0.193 e. The SMILES string of the molecule is CC1(C)C=CCC(=O)C=C1CC[C@@H]1[C@H](F)[C@@H](O)C[C@@]2(C)[C@H]1C[C@H]1OC(c3ccncc3)O[C@]12C(=O)CO. The Kier molecular flexibility index (Phi) is 6.76. The summed E-state index contributed by atoms with van der Waals surface area (Å²) in [5.41, 5.74) is -1.15. The number of allylic oxidation sites excluding steroid dienone is 4. The van der Waals surface area contributed by atoms with Crippen LogP contribution in [0.25, 0.3) is 0 Å². The molecule has 3 aliphatic carbocycles. The second-order valence-corrected chi connectivity index (χ2v) is 11.8. The zero-order valence-corrected chi connectivity index (χ0v) is 21.6. The first kappa shape index (κ1) is 26.4. The van der Waals surface area contributed by atoms with E-state index in [2.05, 4.69) is 4.98 Å². The lowest BCUT2D eigenvalue weighted by atomic mass is 9.56.